The number of aromatic amines is 1. The summed E-state index contributed by atoms with van der Waals surface area (Å²) in [7, 11) is 1.69. The highest BCUT2D eigenvalue weighted by molar-refractivity contribution is 5.81. The van der Waals surface area contributed by atoms with Crippen LogP contribution >= 0.6 is 0 Å². The lowest BCUT2D eigenvalue weighted by Crippen LogP contribution is -2.22. The van der Waals surface area contributed by atoms with E-state index < -0.39 is 0 Å². The van der Waals surface area contributed by atoms with E-state index in [0.717, 1.165) is 34.5 Å². The smallest absolute Gasteiger partial charge is 0.123 e. The van der Waals surface area contributed by atoms with Gasteiger partial charge in [0.1, 0.15) is 11.6 Å². The summed E-state index contributed by atoms with van der Waals surface area (Å²) in [6.07, 6.45) is 0.902. The minimum atomic E-state index is -0.215. The number of methoxy groups -OCH3 is 1. The van der Waals surface area contributed by atoms with Crippen LogP contribution in [-0.4, -0.2) is 12.1 Å². The molecular weight excluding hydrogens is 351 g/mol. The van der Waals surface area contributed by atoms with Crippen molar-refractivity contribution in [3.05, 3.63) is 95.4 Å². The number of benzene rings is 3. The third kappa shape index (κ3) is 2.91. The summed E-state index contributed by atoms with van der Waals surface area (Å²) in [5.41, 5.74) is 5.61. The van der Waals surface area contributed by atoms with Gasteiger partial charge in [-0.3, -0.25) is 0 Å². The van der Waals surface area contributed by atoms with E-state index in [4.69, 9.17) is 4.74 Å². The Labute approximate surface area is 163 Å². The number of hydrogen-bond donors (Lipinski definition) is 2. The van der Waals surface area contributed by atoms with Gasteiger partial charge in [0.2, 0.25) is 0 Å². The molecule has 1 aliphatic rings. The zero-order valence-electron chi connectivity index (χ0n) is 15.6. The van der Waals surface area contributed by atoms with Gasteiger partial charge in [-0.1, -0.05) is 30.3 Å². The van der Waals surface area contributed by atoms with E-state index in [9.17, 15) is 4.39 Å². The van der Waals surface area contributed by atoms with Crippen molar-refractivity contribution in [2.45, 2.75) is 18.4 Å². The van der Waals surface area contributed by atoms with E-state index in [1.54, 1.807) is 19.2 Å². The maximum Gasteiger partial charge on any atom is 0.123 e. The minimum absolute atomic E-state index is 0.159. The second-order valence-corrected chi connectivity index (χ2v) is 7.31. The van der Waals surface area contributed by atoms with Crippen molar-refractivity contribution in [3.63, 3.8) is 0 Å². The number of nitrogens with one attached hydrogen (secondary N) is 2. The summed E-state index contributed by atoms with van der Waals surface area (Å²) in [5, 5.41) is 4.58. The van der Waals surface area contributed by atoms with E-state index >= 15 is 0 Å². The molecule has 2 heterocycles. The van der Waals surface area contributed by atoms with E-state index in [-0.39, 0.29) is 17.8 Å². The van der Waals surface area contributed by atoms with Crippen LogP contribution in [0.15, 0.2) is 72.8 Å². The van der Waals surface area contributed by atoms with Crippen molar-refractivity contribution < 1.29 is 9.13 Å². The molecule has 0 radical (unpaired) electrons. The first-order valence-electron chi connectivity index (χ1n) is 9.49. The summed E-state index contributed by atoms with van der Waals surface area (Å²) in [6, 6.07) is 23.8. The van der Waals surface area contributed by atoms with Crippen LogP contribution in [-0.2, 0) is 0 Å². The minimum Gasteiger partial charge on any atom is -0.497 e. The van der Waals surface area contributed by atoms with E-state index in [1.165, 1.54) is 17.2 Å². The number of H-pyrrole nitrogens is 1. The number of aromatic nitrogens is 1. The Morgan fingerprint density at radius 3 is 2.64 bits per heavy atom. The van der Waals surface area contributed by atoms with Crippen LogP contribution in [0.3, 0.4) is 0 Å². The molecule has 2 N–H and O–H groups in total. The van der Waals surface area contributed by atoms with E-state index in [2.05, 4.69) is 52.8 Å². The summed E-state index contributed by atoms with van der Waals surface area (Å²) in [4.78, 5) is 3.51. The number of fused-ring (bicyclic) bond motifs is 2. The van der Waals surface area contributed by atoms with E-state index in [0.29, 0.717) is 0 Å². The molecule has 3 aromatic carbocycles. The third-order valence-electron chi connectivity index (χ3n) is 5.62. The second-order valence-electron chi connectivity index (χ2n) is 7.31. The van der Waals surface area contributed by atoms with Crippen LogP contribution in [0.5, 0.6) is 5.75 Å². The molecule has 4 aromatic rings. The first-order chi connectivity index (χ1) is 13.7. The fourth-order valence-electron chi connectivity index (χ4n) is 4.21. The van der Waals surface area contributed by atoms with Crippen molar-refractivity contribution in [1.82, 2.24) is 4.98 Å². The van der Waals surface area contributed by atoms with Gasteiger partial charge in [0.25, 0.3) is 0 Å². The zero-order chi connectivity index (χ0) is 19.1. The first kappa shape index (κ1) is 16.9. The molecule has 0 fully saturated rings. The highest BCUT2D eigenvalue weighted by atomic mass is 19.1. The molecule has 28 heavy (non-hydrogen) atoms. The average molecular weight is 372 g/mol. The van der Waals surface area contributed by atoms with Crippen LogP contribution < -0.4 is 10.1 Å². The van der Waals surface area contributed by atoms with Gasteiger partial charge in [0.15, 0.2) is 0 Å². The van der Waals surface area contributed by atoms with Crippen LogP contribution in [0.2, 0.25) is 0 Å². The van der Waals surface area contributed by atoms with Gasteiger partial charge in [-0.2, -0.15) is 0 Å². The van der Waals surface area contributed by atoms with Gasteiger partial charge in [-0.25, -0.2) is 4.39 Å². The predicted octanol–water partition coefficient (Wildman–Crippen LogP) is 6.00. The van der Waals surface area contributed by atoms with Crippen molar-refractivity contribution in [2.75, 3.05) is 12.4 Å². The molecule has 1 aromatic heterocycles. The summed E-state index contributed by atoms with van der Waals surface area (Å²) in [6.45, 7) is 0. The summed E-state index contributed by atoms with van der Waals surface area (Å²) in [5.74, 6) is 0.783. The van der Waals surface area contributed by atoms with E-state index in [1.807, 2.05) is 12.1 Å². The number of anilines is 1. The average Bonchev–Trinajstić information content (AvgIpc) is 3.16. The first-order valence-corrected chi connectivity index (χ1v) is 9.49. The Morgan fingerprint density at radius 1 is 0.964 bits per heavy atom. The predicted molar refractivity (Wildman–Crippen MR) is 111 cm³/mol. The molecule has 140 valence electrons. The molecule has 3 nitrogen and oxygen atoms in total. The second kappa shape index (κ2) is 6.71. The van der Waals surface area contributed by atoms with Crippen LogP contribution in [0, 0.1) is 5.82 Å². The lowest BCUT2D eigenvalue weighted by molar-refractivity contribution is 0.413. The Balaban J connectivity index is 1.63. The van der Waals surface area contributed by atoms with Crippen molar-refractivity contribution >= 4 is 16.6 Å². The Hall–Kier alpha value is -3.27. The topological polar surface area (TPSA) is 37.0 Å². The monoisotopic (exact) mass is 372 g/mol. The number of rotatable bonds is 3. The van der Waals surface area contributed by atoms with Crippen molar-refractivity contribution in [3.8, 4) is 5.75 Å². The molecule has 1 aliphatic heterocycles. The third-order valence-corrected chi connectivity index (χ3v) is 5.62. The van der Waals surface area contributed by atoms with Crippen LogP contribution in [0.4, 0.5) is 10.1 Å². The Morgan fingerprint density at radius 2 is 1.82 bits per heavy atom. The summed E-state index contributed by atoms with van der Waals surface area (Å²) < 4.78 is 19.1. The number of hydrogen-bond acceptors (Lipinski definition) is 2. The van der Waals surface area contributed by atoms with Crippen LogP contribution in [0.25, 0.3) is 10.9 Å². The molecule has 2 atom stereocenters. The quantitative estimate of drug-likeness (QED) is 0.462. The maximum atomic E-state index is 13.7. The fraction of sp³-hybridized carbons (Fsp3) is 0.167. The largest absolute Gasteiger partial charge is 0.497 e. The van der Waals surface area contributed by atoms with Crippen LogP contribution in [0.1, 0.15) is 35.2 Å². The number of halogens is 1. The SMILES string of the molecule is COc1ccc2c(c1)[C@H](c1cc3cc(F)ccc3[nH]1)C[C@H](c1ccccc1)N2. The van der Waals surface area contributed by atoms with Gasteiger partial charge in [0.05, 0.1) is 13.2 Å². The molecule has 0 amide bonds. The lowest BCUT2D eigenvalue weighted by atomic mass is 9.82. The Kier molecular flexibility index (Phi) is 4.05. The maximum absolute atomic E-state index is 13.7. The molecule has 0 saturated carbocycles. The van der Waals surface area contributed by atoms with Gasteiger partial charge < -0.3 is 15.0 Å². The van der Waals surface area contributed by atoms with Crippen molar-refractivity contribution in [1.29, 1.82) is 0 Å². The van der Waals surface area contributed by atoms with Gasteiger partial charge in [0, 0.05) is 28.2 Å². The fourth-order valence-corrected chi connectivity index (χ4v) is 4.21. The molecule has 0 aliphatic carbocycles. The normalized spacial score (nSPS) is 18.5. The standard InChI is InChI=1S/C24H21FN2O/c1-28-18-8-10-22-19(13-18)20(14-23(27-22)15-5-3-2-4-6-15)24-12-16-11-17(25)7-9-21(16)26-24/h2-13,20,23,26-27H,14H2,1H3/t20-,23-/m1/s1. The van der Waals surface area contributed by atoms with Gasteiger partial charge in [-0.15, -0.1) is 0 Å². The van der Waals surface area contributed by atoms with Gasteiger partial charge in [-0.05, 0) is 60.0 Å². The molecule has 4 heteroatoms. The van der Waals surface area contributed by atoms with Gasteiger partial charge >= 0.3 is 0 Å². The highest BCUT2D eigenvalue weighted by Crippen LogP contribution is 2.45. The molecule has 0 unspecified atom stereocenters. The Bertz CT molecular complexity index is 1140. The van der Waals surface area contributed by atoms with Crippen molar-refractivity contribution in [2.24, 2.45) is 0 Å². The molecule has 0 spiro atoms. The molecule has 0 bridgehead atoms. The summed E-state index contributed by atoms with van der Waals surface area (Å²) >= 11 is 0. The number of ether oxygens (including phenoxy) is 1. The molecule has 0 saturated heterocycles. The molecule has 5 rings (SSSR count). The highest BCUT2D eigenvalue weighted by Gasteiger charge is 2.30. The lowest BCUT2D eigenvalue weighted by Gasteiger charge is -2.33. The molecular formula is C24H21FN2O. The zero-order valence-corrected chi connectivity index (χ0v) is 15.6.